The highest BCUT2D eigenvalue weighted by Gasteiger charge is 2.50. The topological polar surface area (TPSA) is 77.0 Å². The van der Waals surface area contributed by atoms with Crippen molar-refractivity contribution in [3.63, 3.8) is 0 Å². The minimum absolute atomic E-state index is 0. The smallest absolute Gasteiger partial charge is 0.357 e. The average Bonchev–Trinajstić information content (AvgIpc) is 3.07. The second-order valence-electron chi connectivity index (χ2n) is 7.44. The van der Waals surface area contributed by atoms with Crippen molar-refractivity contribution in [1.29, 1.82) is 0 Å². The molecule has 1 atom stereocenters. The lowest BCUT2D eigenvalue weighted by molar-refractivity contribution is -0.0494. The largest absolute Gasteiger partial charge is 0.511 e. The molecule has 2 saturated heterocycles. The number of rotatable bonds is 7. The fraction of sp³-hybridized carbons (Fsp3) is 0.941. The van der Waals surface area contributed by atoms with Crippen LogP contribution < -0.4 is 10.6 Å². The second-order valence-corrected chi connectivity index (χ2v) is 9.37. The average molecular weight is 555 g/mol. The van der Waals surface area contributed by atoms with E-state index in [0.29, 0.717) is 42.1 Å². The number of likely N-dealkylation sites (tertiary alicyclic amines) is 1. The Kier molecular flexibility index (Phi) is 10.9. The number of hydrogen-bond acceptors (Lipinski definition) is 4. The van der Waals surface area contributed by atoms with E-state index in [9.17, 15) is 21.6 Å². The lowest BCUT2D eigenvalue weighted by atomic mass is 10.1. The zero-order valence-electron chi connectivity index (χ0n) is 17.0. The molecular weight excluding hydrogens is 522 g/mol. The summed E-state index contributed by atoms with van der Waals surface area (Å²) in [6.07, 6.45) is 2.89. The second kappa shape index (κ2) is 11.9. The lowest BCUT2D eigenvalue weighted by Gasteiger charge is -2.32. The van der Waals surface area contributed by atoms with E-state index in [0.717, 1.165) is 32.5 Å². The van der Waals surface area contributed by atoms with E-state index >= 15 is 0 Å². The van der Waals surface area contributed by atoms with Crippen LogP contribution in [0.2, 0.25) is 0 Å². The molecule has 29 heavy (non-hydrogen) atoms. The van der Waals surface area contributed by atoms with Crippen molar-refractivity contribution in [2.24, 2.45) is 10.9 Å². The fourth-order valence-corrected chi connectivity index (χ4v) is 4.69. The van der Waals surface area contributed by atoms with Crippen LogP contribution in [0.5, 0.6) is 0 Å². The normalized spacial score (nSPS) is 23.1. The summed E-state index contributed by atoms with van der Waals surface area (Å²) >= 11 is 0. The molecule has 12 heteroatoms. The maximum Gasteiger partial charge on any atom is 0.511 e. The summed E-state index contributed by atoms with van der Waals surface area (Å²) in [5.74, 6) is 1.16. The van der Waals surface area contributed by atoms with Gasteiger partial charge in [-0.15, -0.1) is 24.0 Å². The Morgan fingerprint density at radius 1 is 1.14 bits per heavy atom. The van der Waals surface area contributed by atoms with Gasteiger partial charge in [-0.1, -0.05) is 6.92 Å². The molecule has 7 nitrogen and oxygen atoms in total. The molecule has 0 aromatic heterocycles. The molecule has 0 spiro atoms. The van der Waals surface area contributed by atoms with E-state index in [2.05, 4.69) is 27.4 Å². The van der Waals surface area contributed by atoms with E-state index in [1.807, 2.05) is 6.92 Å². The Balaban J connectivity index is 0.00000420. The van der Waals surface area contributed by atoms with Crippen LogP contribution in [-0.4, -0.2) is 80.9 Å². The number of guanidine groups is 1. The first-order valence-electron chi connectivity index (χ1n) is 10.0. The maximum absolute atomic E-state index is 12.7. The molecule has 0 aromatic carbocycles. The number of alkyl halides is 3. The van der Waals surface area contributed by atoms with Crippen LogP contribution in [-0.2, 0) is 10.0 Å². The van der Waals surface area contributed by atoms with Gasteiger partial charge in [-0.05, 0) is 51.6 Å². The number of hydrogen-bond donors (Lipinski definition) is 2. The minimum Gasteiger partial charge on any atom is -0.357 e. The molecule has 2 rings (SSSR count). The molecule has 172 valence electrons. The van der Waals surface area contributed by atoms with Gasteiger partial charge in [0.25, 0.3) is 0 Å². The Morgan fingerprint density at radius 2 is 1.79 bits per heavy atom. The number of nitrogens with one attached hydrogen (secondary N) is 2. The fourth-order valence-electron chi connectivity index (χ4n) is 3.70. The number of nitrogens with zero attached hydrogens (tertiary/aromatic N) is 3. The van der Waals surface area contributed by atoms with Gasteiger partial charge in [0.05, 0.1) is 0 Å². The third-order valence-corrected chi connectivity index (χ3v) is 6.82. The molecule has 2 N–H and O–H groups in total. The van der Waals surface area contributed by atoms with Crippen molar-refractivity contribution in [1.82, 2.24) is 19.8 Å². The quantitative estimate of drug-likeness (QED) is 0.286. The van der Waals surface area contributed by atoms with Gasteiger partial charge < -0.3 is 15.5 Å². The van der Waals surface area contributed by atoms with Crippen molar-refractivity contribution in [3.8, 4) is 0 Å². The first-order valence-corrected chi connectivity index (χ1v) is 11.4. The van der Waals surface area contributed by atoms with E-state index in [1.54, 1.807) is 0 Å². The highest BCUT2D eigenvalue weighted by molar-refractivity contribution is 14.0. The van der Waals surface area contributed by atoms with E-state index in [4.69, 9.17) is 0 Å². The maximum atomic E-state index is 12.7. The van der Waals surface area contributed by atoms with Crippen molar-refractivity contribution < 1.29 is 21.6 Å². The van der Waals surface area contributed by atoms with Crippen molar-refractivity contribution in [2.75, 3.05) is 45.8 Å². The number of aliphatic imine (C=N–C) groups is 1. The summed E-state index contributed by atoms with van der Waals surface area (Å²) < 4.78 is 61.5. The Hall–Kier alpha value is -0.340. The van der Waals surface area contributed by atoms with E-state index < -0.39 is 15.5 Å². The number of piperidine rings is 1. The van der Waals surface area contributed by atoms with E-state index in [-0.39, 0.29) is 43.1 Å². The van der Waals surface area contributed by atoms with Gasteiger partial charge in [-0.2, -0.15) is 17.5 Å². The van der Waals surface area contributed by atoms with Crippen LogP contribution in [0.1, 0.15) is 39.5 Å². The summed E-state index contributed by atoms with van der Waals surface area (Å²) in [6.45, 7) is 8.47. The first kappa shape index (κ1) is 26.7. The molecule has 2 heterocycles. The Morgan fingerprint density at radius 3 is 2.34 bits per heavy atom. The predicted molar refractivity (Wildman–Crippen MR) is 119 cm³/mol. The van der Waals surface area contributed by atoms with Crippen LogP contribution in [0.15, 0.2) is 4.99 Å². The number of sulfonamides is 1. The third kappa shape index (κ3) is 7.69. The minimum atomic E-state index is -5.24. The highest BCUT2D eigenvalue weighted by Crippen LogP contribution is 2.29. The van der Waals surface area contributed by atoms with Crippen LogP contribution >= 0.6 is 24.0 Å². The molecule has 2 aliphatic rings. The van der Waals surface area contributed by atoms with Crippen molar-refractivity contribution in [3.05, 3.63) is 0 Å². The monoisotopic (exact) mass is 555 g/mol. The molecule has 0 amide bonds. The van der Waals surface area contributed by atoms with Crippen molar-refractivity contribution >= 4 is 40.0 Å². The molecule has 0 bridgehead atoms. The van der Waals surface area contributed by atoms with Crippen LogP contribution in [0.25, 0.3) is 0 Å². The van der Waals surface area contributed by atoms with Gasteiger partial charge in [0.15, 0.2) is 5.96 Å². The molecule has 2 fully saturated rings. The van der Waals surface area contributed by atoms with Gasteiger partial charge in [-0.25, -0.2) is 8.42 Å². The van der Waals surface area contributed by atoms with Gasteiger partial charge in [0.1, 0.15) is 0 Å². The zero-order valence-corrected chi connectivity index (χ0v) is 20.2. The third-order valence-electron chi connectivity index (χ3n) is 5.19. The predicted octanol–water partition coefficient (Wildman–Crippen LogP) is 2.21. The molecule has 0 radical (unpaired) electrons. The number of halogens is 4. The molecule has 1 unspecified atom stereocenters. The van der Waals surface area contributed by atoms with Crippen LogP contribution in [0, 0.1) is 5.92 Å². The Labute approximate surface area is 188 Å². The molecule has 2 aliphatic heterocycles. The first-order chi connectivity index (χ1) is 13.2. The van der Waals surface area contributed by atoms with E-state index in [1.165, 1.54) is 0 Å². The van der Waals surface area contributed by atoms with Gasteiger partial charge in [-0.3, -0.25) is 4.99 Å². The van der Waals surface area contributed by atoms with Crippen molar-refractivity contribution in [2.45, 2.75) is 51.1 Å². The van der Waals surface area contributed by atoms with Gasteiger partial charge in [0.2, 0.25) is 0 Å². The molecular formula is C17H33F3IN5O2S. The summed E-state index contributed by atoms with van der Waals surface area (Å²) in [5, 5.41) is 6.42. The van der Waals surface area contributed by atoms with Crippen LogP contribution in [0.3, 0.4) is 0 Å². The summed E-state index contributed by atoms with van der Waals surface area (Å²) in [6, 6.07) is -0.0994. The molecule has 0 saturated carbocycles. The zero-order chi connectivity index (χ0) is 20.8. The summed E-state index contributed by atoms with van der Waals surface area (Å²) in [5.41, 5.74) is -5.24. The molecule has 0 aliphatic carbocycles. The SMILES string of the molecule is CCCN1CCC(CN=C(NCC)NC2CCN(S(=O)(=O)C(F)(F)F)CC2)C1.I. The summed E-state index contributed by atoms with van der Waals surface area (Å²) in [4.78, 5) is 7.09. The standard InChI is InChI=1S/C17H32F3N5O2S.HI/c1-3-8-24-9-5-14(13-24)12-22-16(21-4-2)23-15-6-10-25(11-7-15)28(26,27)17(18,19)20;/h14-15H,3-13H2,1-2H3,(H2,21,22,23);1H. The Bertz CT molecular complexity index is 625. The molecule has 0 aromatic rings. The summed E-state index contributed by atoms with van der Waals surface area (Å²) in [7, 11) is -5.24. The van der Waals surface area contributed by atoms with Crippen LogP contribution in [0.4, 0.5) is 13.2 Å². The lowest BCUT2D eigenvalue weighted by Crippen LogP contribution is -2.51. The van der Waals surface area contributed by atoms with Gasteiger partial charge in [0, 0.05) is 38.8 Å². The van der Waals surface area contributed by atoms with Gasteiger partial charge >= 0.3 is 15.5 Å². The highest BCUT2D eigenvalue weighted by atomic mass is 127.